The number of carbonyl (C=O) groups is 3. The normalized spacial score (nSPS) is 23.6. The van der Waals surface area contributed by atoms with Gasteiger partial charge in [-0.25, -0.2) is 8.42 Å². The summed E-state index contributed by atoms with van der Waals surface area (Å²) in [4.78, 5) is 36.1. The van der Waals surface area contributed by atoms with Crippen LogP contribution in [0.5, 0.6) is 0 Å². The third-order valence-corrected chi connectivity index (χ3v) is 11.9. The van der Waals surface area contributed by atoms with Gasteiger partial charge in [0.2, 0.25) is 15.9 Å². The summed E-state index contributed by atoms with van der Waals surface area (Å²) in [6.07, 6.45) is 3.35. The maximum absolute atomic E-state index is 12.5. The van der Waals surface area contributed by atoms with Crippen LogP contribution in [-0.2, 0) is 29.1 Å². The third kappa shape index (κ3) is 7.65. The number of ether oxygens (including phenoxy) is 1. The number of nitrogens with one attached hydrogen (secondary N) is 1. The average Bonchev–Trinajstić information content (AvgIpc) is 3.06. The molecule has 0 radical (unpaired) electrons. The number of amides is 1. The van der Waals surface area contributed by atoms with Crippen LogP contribution in [0.15, 0.2) is 0 Å². The van der Waals surface area contributed by atoms with Crippen molar-refractivity contribution in [1.82, 2.24) is 4.72 Å². The molecule has 7 nitrogen and oxygen atoms in total. The van der Waals surface area contributed by atoms with Crippen LogP contribution in [0.4, 0.5) is 0 Å². The van der Waals surface area contributed by atoms with E-state index in [9.17, 15) is 22.8 Å². The molecule has 2 saturated carbocycles. The summed E-state index contributed by atoms with van der Waals surface area (Å²) in [6, 6.07) is 1.05. The molecule has 36 heavy (non-hydrogen) atoms. The molecule has 2 atom stereocenters. The van der Waals surface area contributed by atoms with Gasteiger partial charge in [0, 0.05) is 19.9 Å². The number of fused-ring (bicyclic) bond motifs is 2. The van der Waals surface area contributed by atoms with E-state index in [2.05, 4.69) is 24.4 Å². The molecule has 9 heteroatoms. The molecule has 0 aromatic rings. The molecule has 1 N–H and O–H groups in total. The number of hydrogen-bond donors (Lipinski definition) is 1. The molecule has 1 amide bonds. The maximum Gasteiger partial charge on any atom is 0.311 e. The van der Waals surface area contributed by atoms with Gasteiger partial charge in [0.15, 0.2) is 0 Å². The van der Waals surface area contributed by atoms with Crippen molar-refractivity contribution in [3.8, 4) is 0 Å². The first-order chi connectivity index (χ1) is 16.1. The van der Waals surface area contributed by atoms with Gasteiger partial charge < -0.3 is 4.74 Å². The summed E-state index contributed by atoms with van der Waals surface area (Å²) in [5.41, 5.74) is -2.21. The highest BCUT2D eigenvalue weighted by atomic mass is 32.2. The molecule has 0 heterocycles. The van der Waals surface area contributed by atoms with Gasteiger partial charge in [-0.2, -0.15) is 0 Å². The van der Waals surface area contributed by atoms with Crippen molar-refractivity contribution in [2.45, 2.75) is 113 Å². The molecule has 2 bridgehead atoms. The standard InChI is InChI=1S/C16H27NO4S.C11H24O2Si/c1-6-14(2,3)13(19)17-22(20,21)10-16-8-7-11(9-12(16)18)15(16,4)5;1-7-11(2,3)10(12)13-8-9-14(4,5)6/h11H,6-10H2,1-5H3,(H,17,19);7-9H2,1-6H3. The Balaban J connectivity index is 0.000000402. The van der Waals surface area contributed by atoms with Gasteiger partial charge in [-0.05, 0) is 56.9 Å². The molecule has 2 fully saturated rings. The predicted octanol–water partition coefficient (Wildman–Crippen LogP) is 5.57. The summed E-state index contributed by atoms with van der Waals surface area (Å²) < 4.78 is 32.4. The summed E-state index contributed by atoms with van der Waals surface area (Å²) >= 11 is 0. The lowest BCUT2D eigenvalue weighted by Crippen LogP contribution is -2.48. The first kappa shape index (κ1) is 32.8. The SMILES string of the molecule is CCC(C)(C)C(=O)NS(=O)(=O)CC12CCC(CC1=O)C2(C)C.CCC(C)(C)C(=O)OCC[Si](C)(C)C. The summed E-state index contributed by atoms with van der Waals surface area (Å²) in [7, 11) is -4.90. The van der Waals surface area contributed by atoms with Crippen LogP contribution in [0.2, 0.25) is 25.7 Å². The fourth-order valence-corrected chi connectivity index (χ4v) is 7.37. The second-order valence-corrected chi connectivity index (χ2v) is 21.1. The van der Waals surface area contributed by atoms with E-state index in [0.717, 1.165) is 18.9 Å². The van der Waals surface area contributed by atoms with Crippen molar-refractivity contribution in [3.05, 3.63) is 0 Å². The Bertz CT molecular complexity index is 932. The fourth-order valence-electron chi connectivity index (χ4n) is 4.70. The Morgan fingerprint density at radius 1 is 1.06 bits per heavy atom. The first-order valence-corrected chi connectivity index (χ1v) is 18.7. The number of carbonyl (C=O) groups excluding carboxylic acids is 3. The second-order valence-electron chi connectivity index (χ2n) is 13.8. The van der Waals surface area contributed by atoms with Gasteiger partial charge in [-0.3, -0.25) is 19.1 Å². The third-order valence-electron chi connectivity index (χ3n) is 8.84. The number of sulfonamides is 1. The van der Waals surface area contributed by atoms with Crippen LogP contribution in [0.3, 0.4) is 0 Å². The van der Waals surface area contributed by atoms with E-state index < -0.39 is 34.8 Å². The van der Waals surface area contributed by atoms with Gasteiger partial charge >= 0.3 is 5.97 Å². The van der Waals surface area contributed by atoms with Crippen LogP contribution in [0.1, 0.15) is 87.5 Å². The summed E-state index contributed by atoms with van der Waals surface area (Å²) in [6.45, 7) is 22.6. The highest BCUT2D eigenvalue weighted by Crippen LogP contribution is 2.64. The van der Waals surface area contributed by atoms with Crippen LogP contribution in [-0.4, -0.2) is 46.5 Å². The van der Waals surface area contributed by atoms with E-state index in [1.54, 1.807) is 13.8 Å². The zero-order chi connectivity index (χ0) is 28.4. The van der Waals surface area contributed by atoms with Crippen LogP contribution in [0.25, 0.3) is 0 Å². The van der Waals surface area contributed by atoms with Crippen molar-refractivity contribution in [1.29, 1.82) is 0 Å². The van der Waals surface area contributed by atoms with E-state index in [0.29, 0.717) is 25.9 Å². The van der Waals surface area contributed by atoms with Gasteiger partial charge in [0.1, 0.15) is 5.78 Å². The Morgan fingerprint density at radius 3 is 1.97 bits per heavy atom. The van der Waals surface area contributed by atoms with E-state index >= 15 is 0 Å². The van der Waals surface area contributed by atoms with E-state index in [-0.39, 0.29) is 34.3 Å². The number of esters is 1. The molecule has 2 rings (SSSR count). The van der Waals surface area contributed by atoms with E-state index in [1.807, 2.05) is 41.5 Å². The average molecular weight is 546 g/mol. The largest absolute Gasteiger partial charge is 0.466 e. The lowest BCUT2D eigenvalue weighted by Gasteiger charge is -2.36. The molecule has 0 aromatic carbocycles. The monoisotopic (exact) mass is 545 g/mol. The fraction of sp³-hybridized carbons (Fsp3) is 0.889. The highest BCUT2D eigenvalue weighted by Gasteiger charge is 2.65. The Morgan fingerprint density at radius 2 is 1.58 bits per heavy atom. The quantitative estimate of drug-likeness (QED) is 0.284. The minimum Gasteiger partial charge on any atom is -0.466 e. The molecule has 0 spiro atoms. The lowest BCUT2D eigenvalue weighted by atomic mass is 9.70. The highest BCUT2D eigenvalue weighted by molar-refractivity contribution is 7.90. The summed E-state index contributed by atoms with van der Waals surface area (Å²) in [5.74, 6) is -0.518. The van der Waals surface area contributed by atoms with Gasteiger partial charge in [-0.1, -0.05) is 61.2 Å². The van der Waals surface area contributed by atoms with Gasteiger partial charge in [0.25, 0.3) is 0 Å². The Labute approximate surface area is 221 Å². The topological polar surface area (TPSA) is 107 Å². The van der Waals surface area contributed by atoms with E-state index in [4.69, 9.17) is 4.74 Å². The van der Waals surface area contributed by atoms with Gasteiger partial charge in [-0.15, -0.1) is 0 Å². The van der Waals surface area contributed by atoms with Crippen LogP contribution in [0, 0.1) is 27.6 Å². The van der Waals surface area contributed by atoms with Gasteiger partial charge in [0.05, 0.1) is 23.2 Å². The minimum absolute atomic E-state index is 0.0429. The zero-order valence-electron chi connectivity index (χ0n) is 24.6. The molecule has 210 valence electrons. The minimum atomic E-state index is -3.83. The number of rotatable bonds is 10. The predicted molar refractivity (Wildman–Crippen MR) is 148 cm³/mol. The summed E-state index contributed by atoms with van der Waals surface area (Å²) in [5, 5.41) is 0. The second kappa shape index (κ2) is 11.3. The molecule has 0 aliphatic heterocycles. The molecular weight excluding hydrogens is 494 g/mol. The van der Waals surface area contributed by atoms with E-state index in [1.165, 1.54) is 0 Å². The zero-order valence-corrected chi connectivity index (χ0v) is 26.4. The van der Waals surface area contributed by atoms with Crippen molar-refractivity contribution < 1.29 is 27.5 Å². The molecule has 2 aliphatic rings. The van der Waals surface area contributed by atoms with Crippen molar-refractivity contribution in [2.75, 3.05) is 12.4 Å². The number of ketones is 1. The molecular formula is C27H51NO6SSi. The van der Waals surface area contributed by atoms with Crippen LogP contribution >= 0.6 is 0 Å². The maximum atomic E-state index is 12.5. The number of Topliss-reactive ketones (excluding diaryl/α,β-unsaturated/α-hetero) is 1. The first-order valence-electron chi connectivity index (χ1n) is 13.3. The molecule has 0 saturated heterocycles. The smallest absolute Gasteiger partial charge is 0.311 e. The number of hydrogen-bond acceptors (Lipinski definition) is 6. The van der Waals surface area contributed by atoms with Crippen molar-refractivity contribution in [3.63, 3.8) is 0 Å². The van der Waals surface area contributed by atoms with Crippen LogP contribution < -0.4 is 4.72 Å². The lowest BCUT2D eigenvalue weighted by molar-refractivity contribution is -0.153. The van der Waals surface area contributed by atoms with Crippen molar-refractivity contribution >= 4 is 35.8 Å². The molecule has 2 aliphatic carbocycles. The Kier molecular flexibility index (Phi) is 10.3. The molecule has 2 unspecified atom stereocenters. The van der Waals surface area contributed by atoms with Crippen molar-refractivity contribution in [2.24, 2.45) is 27.6 Å². The Hall–Kier alpha value is -1.22. The molecule has 0 aromatic heterocycles.